The fourth-order valence-corrected chi connectivity index (χ4v) is 4.89. The van der Waals surface area contributed by atoms with Gasteiger partial charge in [0.1, 0.15) is 11.7 Å². The van der Waals surface area contributed by atoms with Crippen LogP contribution in [0.4, 0.5) is 0 Å². The van der Waals surface area contributed by atoms with Crippen LogP contribution in [0.5, 0.6) is 0 Å². The van der Waals surface area contributed by atoms with Gasteiger partial charge in [0, 0.05) is 12.3 Å². The van der Waals surface area contributed by atoms with Crippen molar-refractivity contribution in [1.82, 2.24) is 0 Å². The lowest BCUT2D eigenvalue weighted by Gasteiger charge is -2.40. The van der Waals surface area contributed by atoms with E-state index in [1.54, 1.807) is 20.8 Å². The molecule has 2 aliphatic heterocycles. The van der Waals surface area contributed by atoms with Crippen molar-refractivity contribution in [2.24, 2.45) is 17.8 Å². The topological polar surface area (TPSA) is 96.4 Å². The summed E-state index contributed by atoms with van der Waals surface area (Å²) in [6, 6.07) is 0. The molecule has 0 amide bonds. The minimum Gasteiger partial charge on any atom is -0.461 e. The monoisotopic (exact) mass is 296 g/mol. The maximum atomic E-state index is 13.0. The molecule has 2 aliphatic carbocycles. The van der Waals surface area contributed by atoms with E-state index in [1.165, 1.54) is 0 Å². The van der Waals surface area contributed by atoms with Gasteiger partial charge in [-0.2, -0.15) is 0 Å². The first kappa shape index (κ1) is 13.7. The second-order valence-corrected chi connectivity index (χ2v) is 7.48. The van der Waals surface area contributed by atoms with E-state index in [9.17, 15) is 19.8 Å². The molecule has 2 saturated carbocycles. The molecule has 2 heterocycles. The number of carbonyl (C=O) groups is 2. The second-order valence-electron chi connectivity index (χ2n) is 7.48. The molecule has 4 rings (SSSR count). The highest BCUT2D eigenvalue weighted by Gasteiger charge is 2.81. The van der Waals surface area contributed by atoms with Crippen LogP contribution in [0.15, 0.2) is 0 Å². The number of fused-ring (bicyclic) bond motifs is 4. The van der Waals surface area contributed by atoms with Crippen molar-refractivity contribution in [3.8, 4) is 0 Å². The molecule has 6 nitrogen and oxygen atoms in total. The zero-order chi connectivity index (χ0) is 15.4. The van der Waals surface area contributed by atoms with Crippen LogP contribution in [0.1, 0.15) is 33.6 Å². The summed E-state index contributed by atoms with van der Waals surface area (Å²) in [6.07, 6.45) is -0.235. The van der Waals surface area contributed by atoms with Crippen LogP contribution >= 0.6 is 0 Å². The van der Waals surface area contributed by atoms with Gasteiger partial charge in [-0.3, -0.25) is 9.59 Å². The maximum absolute atomic E-state index is 13.0. The third-order valence-electron chi connectivity index (χ3n) is 6.28. The molecular formula is C15H20O6. The molecule has 4 fully saturated rings. The van der Waals surface area contributed by atoms with Gasteiger partial charge in [-0.25, -0.2) is 0 Å². The van der Waals surface area contributed by atoms with Gasteiger partial charge in [-0.15, -0.1) is 0 Å². The molecule has 8 unspecified atom stereocenters. The zero-order valence-electron chi connectivity index (χ0n) is 12.3. The number of hydrogen-bond donors (Lipinski definition) is 2. The molecule has 0 spiro atoms. The summed E-state index contributed by atoms with van der Waals surface area (Å²) in [4.78, 5) is 24.9. The summed E-state index contributed by atoms with van der Waals surface area (Å²) in [7, 11) is 0. The largest absolute Gasteiger partial charge is 0.461 e. The van der Waals surface area contributed by atoms with Crippen molar-refractivity contribution in [3.05, 3.63) is 0 Å². The van der Waals surface area contributed by atoms with Crippen LogP contribution in [0.2, 0.25) is 0 Å². The molecule has 2 N–H and O–H groups in total. The van der Waals surface area contributed by atoms with Gasteiger partial charge in [0.05, 0.1) is 23.5 Å². The fourth-order valence-electron chi connectivity index (χ4n) is 4.89. The van der Waals surface area contributed by atoms with E-state index in [1.807, 2.05) is 0 Å². The molecule has 8 atom stereocenters. The molecule has 21 heavy (non-hydrogen) atoms. The zero-order valence-corrected chi connectivity index (χ0v) is 12.3. The van der Waals surface area contributed by atoms with Gasteiger partial charge in [0.25, 0.3) is 0 Å². The fraction of sp³-hybridized carbons (Fsp3) is 0.867. The maximum Gasteiger partial charge on any atom is 0.309 e. The number of esters is 1. The lowest BCUT2D eigenvalue weighted by atomic mass is 9.71. The number of rotatable bonds is 0. The Labute approximate surface area is 122 Å². The lowest BCUT2D eigenvalue weighted by molar-refractivity contribution is -0.172. The standard InChI is InChI=1S/C15H20O6/c1-6-10-7(20-12(6)17)5-13(2,18)8-4-9-14(3,21-9)15(8,19)11(10)16/h6-10,18-19H,4-5H2,1-3H3. The molecule has 0 aromatic heterocycles. The predicted octanol–water partition coefficient (Wildman–Crippen LogP) is -0.204. The van der Waals surface area contributed by atoms with Crippen molar-refractivity contribution in [2.45, 2.75) is 62.6 Å². The van der Waals surface area contributed by atoms with Crippen molar-refractivity contribution in [3.63, 3.8) is 0 Å². The number of hydrogen-bond acceptors (Lipinski definition) is 6. The Balaban J connectivity index is 1.86. The van der Waals surface area contributed by atoms with E-state index in [0.29, 0.717) is 6.42 Å². The quantitative estimate of drug-likeness (QED) is 0.474. The number of carbonyl (C=O) groups excluding carboxylic acids is 2. The minimum absolute atomic E-state index is 0.176. The van der Waals surface area contributed by atoms with Gasteiger partial charge in [-0.05, 0) is 20.3 Å². The minimum atomic E-state index is -1.75. The Morgan fingerprint density at radius 3 is 2.57 bits per heavy atom. The number of ketones is 1. The molecule has 0 radical (unpaired) electrons. The van der Waals surface area contributed by atoms with Crippen LogP contribution in [0.25, 0.3) is 0 Å². The highest BCUT2D eigenvalue weighted by molar-refractivity contribution is 5.97. The smallest absolute Gasteiger partial charge is 0.309 e. The summed E-state index contributed by atoms with van der Waals surface area (Å²) in [5.41, 5.74) is -3.96. The Morgan fingerprint density at radius 1 is 1.24 bits per heavy atom. The van der Waals surface area contributed by atoms with E-state index < -0.39 is 52.4 Å². The van der Waals surface area contributed by atoms with Gasteiger partial charge in [0.2, 0.25) is 0 Å². The Kier molecular flexibility index (Phi) is 2.28. The van der Waals surface area contributed by atoms with Crippen LogP contribution < -0.4 is 0 Å². The SMILES string of the molecule is CC1C(=O)OC2CC(C)(O)C3CC4OC4(C)C3(O)C(=O)C21. The summed E-state index contributed by atoms with van der Waals surface area (Å²) in [5, 5.41) is 22.0. The first-order valence-electron chi connectivity index (χ1n) is 7.50. The summed E-state index contributed by atoms with van der Waals surface area (Å²) >= 11 is 0. The molecule has 0 aromatic carbocycles. The van der Waals surface area contributed by atoms with E-state index in [-0.39, 0.29) is 12.5 Å². The van der Waals surface area contributed by atoms with Crippen molar-refractivity contribution in [1.29, 1.82) is 0 Å². The third kappa shape index (κ3) is 1.34. The number of epoxide rings is 1. The number of Topliss-reactive ketones (excluding diaryl/α,β-unsaturated/α-hetero) is 1. The Hall–Kier alpha value is -0.980. The molecular weight excluding hydrogens is 276 g/mol. The number of aliphatic hydroxyl groups is 2. The van der Waals surface area contributed by atoms with Crippen molar-refractivity contribution < 1.29 is 29.3 Å². The van der Waals surface area contributed by atoms with Crippen molar-refractivity contribution >= 4 is 11.8 Å². The van der Waals surface area contributed by atoms with Crippen molar-refractivity contribution in [2.75, 3.05) is 0 Å². The normalized spacial score (nSPS) is 61.7. The average molecular weight is 296 g/mol. The lowest BCUT2D eigenvalue weighted by Crippen LogP contribution is -2.59. The van der Waals surface area contributed by atoms with Crippen LogP contribution in [0, 0.1) is 17.8 Å². The Morgan fingerprint density at radius 2 is 1.90 bits per heavy atom. The Bertz CT molecular complexity index is 556. The molecule has 2 saturated heterocycles. The van der Waals surface area contributed by atoms with Crippen LogP contribution in [0.3, 0.4) is 0 Å². The second kappa shape index (κ2) is 3.50. The highest BCUT2D eigenvalue weighted by atomic mass is 16.6. The summed E-state index contributed by atoms with van der Waals surface area (Å²) in [5.74, 6) is -2.73. The van der Waals surface area contributed by atoms with Gasteiger partial charge >= 0.3 is 5.97 Å². The van der Waals surface area contributed by atoms with E-state index in [0.717, 1.165) is 0 Å². The molecule has 116 valence electrons. The molecule has 0 bridgehead atoms. The molecule has 6 heteroatoms. The first-order chi connectivity index (χ1) is 9.63. The molecule has 4 aliphatic rings. The van der Waals surface area contributed by atoms with Gasteiger partial charge in [-0.1, -0.05) is 6.92 Å². The third-order valence-corrected chi connectivity index (χ3v) is 6.28. The number of ether oxygens (including phenoxy) is 2. The predicted molar refractivity (Wildman–Crippen MR) is 69.1 cm³/mol. The average Bonchev–Trinajstić information content (AvgIpc) is 2.90. The summed E-state index contributed by atoms with van der Waals surface area (Å²) < 4.78 is 10.8. The van der Waals surface area contributed by atoms with Gasteiger partial charge < -0.3 is 19.7 Å². The van der Waals surface area contributed by atoms with Crippen LogP contribution in [-0.2, 0) is 19.1 Å². The van der Waals surface area contributed by atoms with E-state index >= 15 is 0 Å². The van der Waals surface area contributed by atoms with Crippen LogP contribution in [-0.4, -0.2) is 51.0 Å². The highest BCUT2D eigenvalue weighted by Crippen LogP contribution is 2.64. The van der Waals surface area contributed by atoms with Gasteiger partial charge in [0.15, 0.2) is 11.4 Å². The molecule has 0 aromatic rings. The van der Waals surface area contributed by atoms with E-state index in [4.69, 9.17) is 9.47 Å². The first-order valence-corrected chi connectivity index (χ1v) is 7.50. The van der Waals surface area contributed by atoms with E-state index in [2.05, 4.69) is 0 Å². The summed E-state index contributed by atoms with van der Waals surface area (Å²) in [6.45, 7) is 4.98.